The molecule has 1 unspecified atom stereocenters. The van der Waals surface area contributed by atoms with Gasteiger partial charge in [-0.2, -0.15) is 0 Å². The Morgan fingerprint density at radius 3 is 2.60 bits per heavy atom. The SMILES string of the molecule is [2H]C([2H])(C)C([2H])(C)N. The monoisotopic (exact) mass is 76.1 g/mol. The van der Waals surface area contributed by atoms with E-state index in [2.05, 4.69) is 0 Å². The van der Waals surface area contributed by atoms with Crippen molar-refractivity contribution in [2.24, 2.45) is 5.73 Å². The molecule has 0 amide bonds. The molecule has 0 saturated carbocycles. The number of hydrogen-bond donors (Lipinski definition) is 1. The van der Waals surface area contributed by atoms with E-state index >= 15 is 0 Å². The van der Waals surface area contributed by atoms with E-state index in [1.165, 1.54) is 13.8 Å². The van der Waals surface area contributed by atoms with E-state index in [-0.39, 0.29) is 0 Å². The van der Waals surface area contributed by atoms with E-state index in [4.69, 9.17) is 9.85 Å². The number of rotatable bonds is 1. The van der Waals surface area contributed by atoms with Crippen molar-refractivity contribution in [2.75, 3.05) is 0 Å². The van der Waals surface area contributed by atoms with Crippen molar-refractivity contribution in [2.45, 2.75) is 26.2 Å². The van der Waals surface area contributed by atoms with Gasteiger partial charge in [-0.05, 0) is 13.3 Å². The van der Waals surface area contributed by atoms with Gasteiger partial charge in [0.25, 0.3) is 0 Å². The van der Waals surface area contributed by atoms with Crippen LogP contribution in [0.3, 0.4) is 0 Å². The van der Waals surface area contributed by atoms with Crippen molar-refractivity contribution in [3.63, 3.8) is 0 Å². The lowest BCUT2D eigenvalue weighted by atomic mass is 10.3. The zero-order valence-electron chi connectivity index (χ0n) is 6.58. The summed E-state index contributed by atoms with van der Waals surface area (Å²) in [5, 5.41) is 0. The highest BCUT2D eigenvalue weighted by molar-refractivity contribution is 4.43. The molecule has 0 heterocycles. The van der Waals surface area contributed by atoms with Crippen molar-refractivity contribution in [1.82, 2.24) is 0 Å². The van der Waals surface area contributed by atoms with Gasteiger partial charge in [0.15, 0.2) is 0 Å². The van der Waals surface area contributed by atoms with E-state index in [1.54, 1.807) is 0 Å². The van der Waals surface area contributed by atoms with Gasteiger partial charge in [-0.3, -0.25) is 0 Å². The molecule has 1 atom stereocenters. The molecule has 0 saturated heterocycles. The van der Waals surface area contributed by atoms with Gasteiger partial charge in [0.05, 0.1) is 0 Å². The summed E-state index contributed by atoms with van der Waals surface area (Å²) in [6.07, 6.45) is -1.62. The molecule has 0 rings (SSSR count). The molecule has 0 radical (unpaired) electrons. The molecule has 0 aliphatic carbocycles. The minimum atomic E-state index is -1.62. The molecule has 2 N–H and O–H groups in total. The van der Waals surface area contributed by atoms with E-state index in [0.29, 0.717) is 0 Å². The maximum Gasteiger partial charge on any atom is 0.0459 e. The van der Waals surface area contributed by atoms with Crippen LogP contribution in [0.25, 0.3) is 0 Å². The van der Waals surface area contributed by atoms with E-state index in [1.807, 2.05) is 0 Å². The van der Waals surface area contributed by atoms with Gasteiger partial charge >= 0.3 is 0 Å². The van der Waals surface area contributed by atoms with Gasteiger partial charge in [-0.1, -0.05) is 6.92 Å². The Bertz CT molecular complexity index is 66.3. The van der Waals surface area contributed by atoms with E-state index in [0.717, 1.165) is 0 Å². The maximum absolute atomic E-state index is 6.99. The Kier molecular flexibility index (Phi) is 0.711. The third-order valence-electron chi connectivity index (χ3n) is 0.394. The van der Waals surface area contributed by atoms with Crippen molar-refractivity contribution in [3.05, 3.63) is 0 Å². The minimum Gasteiger partial charge on any atom is -0.328 e. The van der Waals surface area contributed by atoms with Crippen LogP contribution >= 0.6 is 0 Å². The zero-order valence-corrected chi connectivity index (χ0v) is 3.58. The molecule has 32 valence electrons. The highest BCUT2D eigenvalue weighted by Gasteiger charge is 1.79. The summed E-state index contributed by atoms with van der Waals surface area (Å²) in [5.74, 6) is 0. The molecule has 0 spiro atoms. The molecule has 0 aromatic heterocycles. The summed E-state index contributed by atoms with van der Waals surface area (Å²) in [7, 11) is 0. The van der Waals surface area contributed by atoms with Crippen LogP contribution in [-0.2, 0) is 0 Å². The van der Waals surface area contributed by atoms with Crippen molar-refractivity contribution >= 4 is 0 Å². The van der Waals surface area contributed by atoms with Gasteiger partial charge in [-0.15, -0.1) is 0 Å². The lowest BCUT2D eigenvalue weighted by Crippen LogP contribution is -2.11. The van der Waals surface area contributed by atoms with Crippen LogP contribution < -0.4 is 5.73 Å². The molecule has 0 aliphatic heterocycles. The van der Waals surface area contributed by atoms with Crippen molar-refractivity contribution < 1.29 is 4.11 Å². The van der Waals surface area contributed by atoms with E-state index < -0.39 is 12.4 Å². The van der Waals surface area contributed by atoms with Crippen LogP contribution in [-0.4, -0.2) is 6.02 Å². The molecular formula is C4H11N. The molecular weight excluding hydrogens is 62.1 g/mol. The van der Waals surface area contributed by atoms with Crippen LogP contribution in [0.15, 0.2) is 0 Å². The summed E-state index contributed by atoms with van der Waals surface area (Å²) in [5.41, 5.74) is 5.10. The molecule has 1 nitrogen and oxygen atoms in total. The predicted molar refractivity (Wildman–Crippen MR) is 23.9 cm³/mol. The van der Waals surface area contributed by atoms with Crippen LogP contribution in [0.1, 0.15) is 24.3 Å². The fourth-order valence-corrected chi connectivity index (χ4v) is 0. The minimum absolute atomic E-state index is 1.29. The fourth-order valence-electron chi connectivity index (χ4n) is 0. The highest BCUT2D eigenvalue weighted by Crippen LogP contribution is 1.77. The van der Waals surface area contributed by atoms with Gasteiger partial charge in [0.2, 0.25) is 0 Å². The van der Waals surface area contributed by atoms with Crippen molar-refractivity contribution in [3.8, 4) is 0 Å². The second-order valence-electron chi connectivity index (χ2n) is 0.933. The summed E-state index contributed by atoms with van der Waals surface area (Å²) in [6, 6.07) is -1.48. The first-order chi connectivity index (χ1) is 3.25. The third kappa shape index (κ3) is 3.96. The number of nitrogens with two attached hydrogens (primary N) is 1. The van der Waals surface area contributed by atoms with Gasteiger partial charge < -0.3 is 5.73 Å². The molecule has 0 fully saturated rings. The Morgan fingerprint density at radius 2 is 2.60 bits per heavy atom. The average molecular weight is 76.2 g/mol. The Morgan fingerprint density at radius 1 is 2.40 bits per heavy atom. The predicted octanol–water partition coefficient (Wildman–Crippen LogP) is 0.744. The van der Waals surface area contributed by atoms with Crippen LogP contribution in [0.4, 0.5) is 0 Å². The topological polar surface area (TPSA) is 26.0 Å². The first-order valence-electron chi connectivity index (χ1n) is 3.04. The first kappa shape index (κ1) is 1.61. The van der Waals surface area contributed by atoms with Crippen LogP contribution in [0.2, 0.25) is 0 Å². The summed E-state index contributed by atoms with van der Waals surface area (Å²) < 4.78 is 20.9. The highest BCUT2D eigenvalue weighted by atomic mass is 14.6. The van der Waals surface area contributed by atoms with E-state index in [9.17, 15) is 0 Å². The zero-order chi connectivity index (χ0) is 7.00. The van der Waals surface area contributed by atoms with Gasteiger partial charge in [0, 0.05) is 10.1 Å². The lowest BCUT2D eigenvalue weighted by Gasteiger charge is -1.91. The standard InChI is InChI=1S/C4H11N/c1-3-4(2)5/h4H,3,5H2,1-2H3/i3D2,4D. The lowest BCUT2D eigenvalue weighted by molar-refractivity contribution is 0.715. The van der Waals surface area contributed by atoms with Crippen molar-refractivity contribution in [1.29, 1.82) is 0 Å². The first-order valence-corrected chi connectivity index (χ1v) is 1.54. The molecule has 1 heteroatoms. The largest absolute Gasteiger partial charge is 0.328 e. The normalized spacial score (nSPS) is 33.0. The Hall–Kier alpha value is -0.0400. The maximum atomic E-state index is 6.99. The summed E-state index contributed by atoms with van der Waals surface area (Å²) in [4.78, 5) is 0. The van der Waals surface area contributed by atoms with Gasteiger partial charge in [-0.25, -0.2) is 0 Å². The molecule has 0 aromatic carbocycles. The smallest absolute Gasteiger partial charge is 0.0459 e. The molecule has 5 heavy (non-hydrogen) atoms. The average Bonchev–Trinajstić information content (AvgIpc) is 1.25. The Balaban J connectivity index is 4.02. The van der Waals surface area contributed by atoms with Gasteiger partial charge in [0.1, 0.15) is 0 Å². The molecule has 0 bridgehead atoms. The quantitative estimate of drug-likeness (QED) is 0.490. The molecule has 0 aromatic rings. The second kappa shape index (κ2) is 2.21. The molecule has 0 aliphatic rings. The number of hydrogen-bond acceptors (Lipinski definition) is 1. The summed E-state index contributed by atoms with van der Waals surface area (Å²) >= 11 is 0. The third-order valence-corrected chi connectivity index (χ3v) is 0.394. The second-order valence-corrected chi connectivity index (χ2v) is 0.933. The van der Waals surface area contributed by atoms with Crippen LogP contribution in [0.5, 0.6) is 0 Å². The fraction of sp³-hybridized carbons (Fsp3) is 1.00. The Labute approximate surface area is 37.4 Å². The summed E-state index contributed by atoms with van der Waals surface area (Å²) in [6.45, 7) is 2.63. The van der Waals surface area contributed by atoms with Crippen LogP contribution in [0, 0.1) is 0 Å².